The number of nitrogens with one attached hydrogen (secondary N) is 1. The third-order valence-corrected chi connectivity index (χ3v) is 5.66. The van der Waals surface area contributed by atoms with Crippen molar-refractivity contribution in [3.05, 3.63) is 53.6 Å². The lowest BCUT2D eigenvalue weighted by molar-refractivity contribution is -0.122. The number of nitrogens with zero attached hydrogens (tertiary/aromatic N) is 1. The van der Waals surface area contributed by atoms with Gasteiger partial charge in [-0.15, -0.1) is 0 Å². The van der Waals surface area contributed by atoms with E-state index in [2.05, 4.69) is 5.32 Å². The Balaban J connectivity index is 1.90. The number of benzene rings is 2. The van der Waals surface area contributed by atoms with Gasteiger partial charge >= 0.3 is 0 Å². The molecule has 0 bridgehead atoms. The summed E-state index contributed by atoms with van der Waals surface area (Å²) in [6, 6.07) is 12.8. The van der Waals surface area contributed by atoms with Gasteiger partial charge in [0.25, 0.3) is 5.91 Å². The van der Waals surface area contributed by atoms with Gasteiger partial charge in [0.2, 0.25) is 10.0 Å². The predicted octanol–water partition coefficient (Wildman–Crippen LogP) is 3.28. The van der Waals surface area contributed by atoms with E-state index >= 15 is 0 Å². The van der Waals surface area contributed by atoms with Gasteiger partial charge in [-0.25, -0.2) is 8.42 Å². The molecule has 0 spiro atoms. The van der Waals surface area contributed by atoms with E-state index in [1.165, 1.54) is 4.31 Å². The second-order valence-electron chi connectivity index (χ2n) is 7.10. The molecule has 7 heteroatoms. The highest BCUT2D eigenvalue weighted by atomic mass is 32.2. The summed E-state index contributed by atoms with van der Waals surface area (Å²) in [6.45, 7) is 5.91. The Kier molecular flexibility index (Phi) is 5.15. The van der Waals surface area contributed by atoms with Crippen molar-refractivity contribution in [1.29, 1.82) is 0 Å². The number of aryl methyl sites for hydroxylation is 1. The zero-order valence-corrected chi connectivity index (χ0v) is 16.7. The molecule has 0 aliphatic carbocycles. The number of para-hydroxylation sites is 1. The highest BCUT2D eigenvalue weighted by Gasteiger charge is 2.35. The van der Waals surface area contributed by atoms with E-state index in [9.17, 15) is 13.2 Å². The van der Waals surface area contributed by atoms with Crippen LogP contribution in [-0.4, -0.2) is 33.2 Å². The average molecular weight is 388 g/mol. The zero-order chi connectivity index (χ0) is 19.8. The first-order valence-electron chi connectivity index (χ1n) is 8.81. The maximum Gasteiger partial charge on any atom is 0.267 e. The van der Waals surface area contributed by atoms with Crippen molar-refractivity contribution in [3.8, 4) is 5.75 Å². The van der Waals surface area contributed by atoms with Gasteiger partial charge in [0, 0.05) is 5.69 Å². The number of rotatable bonds is 4. The summed E-state index contributed by atoms with van der Waals surface area (Å²) in [5, 5.41) is 2.89. The van der Waals surface area contributed by atoms with Gasteiger partial charge in [0.1, 0.15) is 5.75 Å². The van der Waals surface area contributed by atoms with E-state index in [4.69, 9.17) is 4.74 Å². The lowest BCUT2D eigenvalue weighted by atomic mass is 10.0. The number of carbonyl (C=O) groups is 1. The molecule has 2 aromatic rings. The summed E-state index contributed by atoms with van der Waals surface area (Å²) in [7, 11) is -3.54. The second kappa shape index (κ2) is 7.23. The summed E-state index contributed by atoms with van der Waals surface area (Å²) >= 11 is 0. The third kappa shape index (κ3) is 4.08. The van der Waals surface area contributed by atoms with Crippen LogP contribution in [0.25, 0.3) is 0 Å². The van der Waals surface area contributed by atoms with Crippen molar-refractivity contribution in [3.63, 3.8) is 0 Å². The largest absolute Gasteiger partial charge is 0.476 e. The normalized spacial score (nSPS) is 16.6. The van der Waals surface area contributed by atoms with Crippen molar-refractivity contribution < 1.29 is 17.9 Å². The van der Waals surface area contributed by atoms with Crippen molar-refractivity contribution in [2.75, 3.05) is 22.4 Å². The minimum Gasteiger partial charge on any atom is -0.476 e. The van der Waals surface area contributed by atoms with Crippen molar-refractivity contribution in [1.82, 2.24) is 0 Å². The van der Waals surface area contributed by atoms with Gasteiger partial charge in [-0.05, 0) is 42.2 Å². The Bertz CT molecular complexity index is 970. The lowest BCUT2D eigenvalue weighted by Gasteiger charge is -2.34. The van der Waals surface area contributed by atoms with Crippen molar-refractivity contribution in [2.45, 2.75) is 32.8 Å². The SMILES string of the molecule is Cc1ccc2c(c1)N(S(C)(=O)=O)C[C@@H](C(=O)Nc1ccccc1C(C)C)O2. The first kappa shape index (κ1) is 19.2. The molecule has 0 unspecified atom stereocenters. The molecular weight excluding hydrogens is 364 g/mol. The number of sulfonamides is 1. The third-order valence-electron chi connectivity index (χ3n) is 4.52. The highest BCUT2D eigenvalue weighted by Crippen LogP contribution is 2.36. The molecule has 3 rings (SSSR count). The molecule has 144 valence electrons. The molecule has 1 aliphatic heterocycles. The Hall–Kier alpha value is -2.54. The predicted molar refractivity (Wildman–Crippen MR) is 107 cm³/mol. The van der Waals surface area contributed by atoms with Crippen LogP contribution in [0.2, 0.25) is 0 Å². The number of carbonyl (C=O) groups excluding carboxylic acids is 1. The molecule has 0 aromatic heterocycles. The van der Waals surface area contributed by atoms with E-state index in [1.54, 1.807) is 12.1 Å². The average Bonchev–Trinajstić information content (AvgIpc) is 2.60. The molecule has 1 heterocycles. The zero-order valence-electron chi connectivity index (χ0n) is 15.9. The van der Waals surface area contributed by atoms with Crippen LogP contribution in [0.5, 0.6) is 5.75 Å². The first-order valence-corrected chi connectivity index (χ1v) is 10.7. The number of amides is 1. The number of anilines is 2. The molecule has 1 N–H and O–H groups in total. The van der Waals surface area contributed by atoms with Crippen LogP contribution in [0, 0.1) is 6.92 Å². The van der Waals surface area contributed by atoms with E-state index < -0.39 is 16.1 Å². The molecule has 0 fully saturated rings. The molecule has 6 nitrogen and oxygen atoms in total. The van der Waals surface area contributed by atoms with Crippen LogP contribution < -0.4 is 14.4 Å². The molecule has 1 atom stereocenters. The summed E-state index contributed by atoms with van der Waals surface area (Å²) in [5.74, 6) is 0.252. The summed E-state index contributed by atoms with van der Waals surface area (Å²) in [6.07, 6.45) is 0.197. The van der Waals surface area contributed by atoms with Gasteiger partial charge in [0.05, 0.1) is 18.5 Å². The Morgan fingerprint density at radius 3 is 2.59 bits per heavy atom. The van der Waals surface area contributed by atoms with Gasteiger partial charge < -0.3 is 10.1 Å². The van der Waals surface area contributed by atoms with Gasteiger partial charge in [-0.3, -0.25) is 9.10 Å². The van der Waals surface area contributed by atoms with Crippen LogP contribution in [0.15, 0.2) is 42.5 Å². The van der Waals surface area contributed by atoms with Crippen LogP contribution >= 0.6 is 0 Å². The van der Waals surface area contributed by atoms with E-state index in [0.717, 1.165) is 17.4 Å². The molecule has 1 amide bonds. The first-order chi connectivity index (χ1) is 12.7. The van der Waals surface area contributed by atoms with Crippen LogP contribution in [0.3, 0.4) is 0 Å². The van der Waals surface area contributed by atoms with Gasteiger partial charge in [-0.2, -0.15) is 0 Å². The molecule has 0 saturated carbocycles. The Morgan fingerprint density at radius 1 is 1.22 bits per heavy atom. The van der Waals surface area contributed by atoms with E-state index in [0.29, 0.717) is 17.1 Å². The lowest BCUT2D eigenvalue weighted by Crippen LogP contribution is -2.48. The minimum atomic E-state index is -3.54. The maximum absolute atomic E-state index is 12.8. The van der Waals surface area contributed by atoms with Crippen LogP contribution in [-0.2, 0) is 14.8 Å². The Labute approximate surface area is 160 Å². The monoisotopic (exact) mass is 388 g/mol. The Morgan fingerprint density at radius 2 is 1.93 bits per heavy atom. The summed E-state index contributed by atoms with van der Waals surface area (Å²) < 4.78 is 31.6. The molecule has 2 aromatic carbocycles. The second-order valence-corrected chi connectivity index (χ2v) is 9.01. The van der Waals surface area contributed by atoms with E-state index in [-0.39, 0.29) is 18.4 Å². The standard InChI is InChI=1S/C20H24N2O4S/c1-13(2)15-7-5-6-8-16(15)21-20(23)19-12-22(27(4,24)25)17-11-14(3)9-10-18(17)26-19/h5-11,13,19H,12H2,1-4H3,(H,21,23)/t19-/m0/s1. The van der Waals surface area contributed by atoms with Crippen molar-refractivity contribution >= 4 is 27.3 Å². The quantitative estimate of drug-likeness (QED) is 0.872. The number of hydrogen-bond donors (Lipinski definition) is 1. The fourth-order valence-corrected chi connectivity index (χ4v) is 4.05. The maximum atomic E-state index is 12.8. The van der Waals surface area contributed by atoms with Gasteiger partial charge in [0.15, 0.2) is 6.10 Å². The van der Waals surface area contributed by atoms with Crippen LogP contribution in [0.1, 0.15) is 30.9 Å². The fraction of sp³-hybridized carbons (Fsp3) is 0.350. The molecule has 27 heavy (non-hydrogen) atoms. The smallest absolute Gasteiger partial charge is 0.267 e. The summed E-state index contributed by atoms with van der Waals surface area (Å²) in [4.78, 5) is 12.8. The number of fused-ring (bicyclic) bond motifs is 1. The number of hydrogen-bond acceptors (Lipinski definition) is 4. The van der Waals surface area contributed by atoms with Crippen LogP contribution in [0.4, 0.5) is 11.4 Å². The van der Waals surface area contributed by atoms with Gasteiger partial charge in [-0.1, -0.05) is 38.1 Å². The summed E-state index contributed by atoms with van der Waals surface area (Å²) in [5.41, 5.74) is 3.10. The highest BCUT2D eigenvalue weighted by molar-refractivity contribution is 7.92. The molecule has 0 saturated heterocycles. The van der Waals surface area contributed by atoms with E-state index in [1.807, 2.05) is 51.1 Å². The molecule has 0 radical (unpaired) electrons. The fourth-order valence-electron chi connectivity index (χ4n) is 3.14. The van der Waals surface area contributed by atoms with Crippen molar-refractivity contribution in [2.24, 2.45) is 0 Å². The molecular formula is C20H24N2O4S. The number of ether oxygens (including phenoxy) is 1. The minimum absolute atomic E-state index is 0.0645. The topological polar surface area (TPSA) is 75.7 Å². The molecule has 1 aliphatic rings.